The first-order chi connectivity index (χ1) is 13.1. The lowest BCUT2D eigenvalue weighted by Crippen LogP contribution is -2.47. The molecular formula is C20H17N3O4. The predicted octanol–water partition coefficient (Wildman–Crippen LogP) is 1.74. The number of aromatic nitrogens is 1. The zero-order chi connectivity index (χ0) is 19.2. The Morgan fingerprint density at radius 1 is 1.00 bits per heavy atom. The topological polar surface area (TPSA) is 115 Å². The number of benzene rings is 2. The van der Waals surface area contributed by atoms with Gasteiger partial charge in [0.05, 0.1) is 0 Å². The Morgan fingerprint density at radius 3 is 2.26 bits per heavy atom. The summed E-state index contributed by atoms with van der Waals surface area (Å²) < 4.78 is 5.22. The first kappa shape index (κ1) is 18.1. The van der Waals surface area contributed by atoms with E-state index >= 15 is 0 Å². The van der Waals surface area contributed by atoms with Crippen molar-refractivity contribution in [3.8, 4) is 11.3 Å². The summed E-state index contributed by atoms with van der Waals surface area (Å²) in [6.45, 7) is 0. The minimum atomic E-state index is -1.11. The lowest BCUT2D eigenvalue weighted by Gasteiger charge is -2.16. The average molecular weight is 363 g/mol. The standard InChI is InChI=1S/C20H17N3O4/c21-19(25)17(24)15(11-13-7-3-1-4-8-13)23-20(26)18-16(22-12-27-18)14-9-5-2-6-10-14/h1-10,12,15H,11H2,(H2,21,25)(H,23,26). The Bertz CT molecular complexity index is 952. The highest BCUT2D eigenvalue weighted by Gasteiger charge is 2.28. The van der Waals surface area contributed by atoms with Gasteiger partial charge in [0, 0.05) is 12.0 Å². The Morgan fingerprint density at radius 2 is 1.63 bits per heavy atom. The number of nitrogens with zero attached hydrogens (tertiary/aromatic N) is 1. The van der Waals surface area contributed by atoms with Gasteiger partial charge >= 0.3 is 0 Å². The highest BCUT2D eigenvalue weighted by molar-refractivity contribution is 6.38. The van der Waals surface area contributed by atoms with E-state index in [9.17, 15) is 14.4 Å². The van der Waals surface area contributed by atoms with Crippen LogP contribution >= 0.6 is 0 Å². The molecule has 0 bridgehead atoms. The number of oxazole rings is 1. The number of carbonyl (C=O) groups is 3. The van der Waals surface area contributed by atoms with Crippen LogP contribution in [0.1, 0.15) is 16.1 Å². The first-order valence-corrected chi connectivity index (χ1v) is 8.23. The summed E-state index contributed by atoms with van der Waals surface area (Å²) in [5.41, 5.74) is 6.94. The summed E-state index contributed by atoms with van der Waals surface area (Å²) >= 11 is 0. The lowest BCUT2D eigenvalue weighted by molar-refractivity contribution is -0.137. The van der Waals surface area contributed by atoms with Gasteiger partial charge in [-0.1, -0.05) is 60.7 Å². The maximum Gasteiger partial charge on any atom is 0.289 e. The van der Waals surface area contributed by atoms with Crippen LogP contribution in [0.25, 0.3) is 11.3 Å². The predicted molar refractivity (Wildman–Crippen MR) is 97.5 cm³/mol. The number of nitrogens with one attached hydrogen (secondary N) is 1. The molecule has 1 aromatic heterocycles. The Labute approximate surface area is 155 Å². The van der Waals surface area contributed by atoms with Crippen LogP contribution in [0.5, 0.6) is 0 Å². The van der Waals surface area contributed by atoms with Gasteiger partial charge in [0.25, 0.3) is 11.8 Å². The number of ketones is 1. The molecular weight excluding hydrogens is 346 g/mol. The summed E-state index contributed by atoms with van der Waals surface area (Å²) in [6.07, 6.45) is 1.28. The summed E-state index contributed by atoms with van der Waals surface area (Å²) in [6, 6.07) is 16.9. The third-order valence-corrected chi connectivity index (χ3v) is 3.97. The van der Waals surface area contributed by atoms with E-state index in [1.54, 1.807) is 48.5 Å². The van der Waals surface area contributed by atoms with Gasteiger partial charge in [0.2, 0.25) is 11.5 Å². The van der Waals surface area contributed by atoms with Crippen LogP contribution in [0.3, 0.4) is 0 Å². The largest absolute Gasteiger partial charge is 0.438 e. The zero-order valence-electron chi connectivity index (χ0n) is 14.3. The highest BCUT2D eigenvalue weighted by Crippen LogP contribution is 2.21. The fraction of sp³-hybridized carbons (Fsp3) is 0.100. The van der Waals surface area contributed by atoms with Crippen LogP contribution in [0, 0.1) is 0 Å². The van der Waals surface area contributed by atoms with Gasteiger partial charge in [-0.2, -0.15) is 0 Å². The molecule has 0 aliphatic rings. The van der Waals surface area contributed by atoms with Crippen LogP contribution in [0.15, 0.2) is 71.5 Å². The van der Waals surface area contributed by atoms with Crippen molar-refractivity contribution in [2.45, 2.75) is 12.5 Å². The summed E-state index contributed by atoms with van der Waals surface area (Å²) in [4.78, 5) is 40.3. The van der Waals surface area contributed by atoms with Crippen LogP contribution in [-0.4, -0.2) is 28.6 Å². The van der Waals surface area contributed by atoms with E-state index in [0.29, 0.717) is 11.3 Å². The molecule has 0 saturated carbocycles. The molecule has 0 spiro atoms. The molecule has 1 heterocycles. The molecule has 27 heavy (non-hydrogen) atoms. The number of Topliss-reactive ketones (excluding diaryl/α,β-unsaturated/α-hetero) is 1. The molecule has 3 rings (SSSR count). The van der Waals surface area contributed by atoms with Gasteiger partial charge in [-0.3, -0.25) is 14.4 Å². The van der Waals surface area contributed by atoms with Gasteiger partial charge in [0.15, 0.2) is 6.39 Å². The quantitative estimate of drug-likeness (QED) is 0.620. The number of hydrogen-bond donors (Lipinski definition) is 2. The van der Waals surface area contributed by atoms with Gasteiger partial charge < -0.3 is 15.5 Å². The average Bonchev–Trinajstić information content (AvgIpc) is 3.18. The third kappa shape index (κ3) is 4.27. The monoisotopic (exact) mass is 363 g/mol. The zero-order valence-corrected chi connectivity index (χ0v) is 14.3. The van der Waals surface area contributed by atoms with Crippen molar-refractivity contribution < 1.29 is 18.8 Å². The van der Waals surface area contributed by atoms with Crippen molar-refractivity contribution >= 4 is 17.6 Å². The van der Waals surface area contributed by atoms with Crippen molar-refractivity contribution in [2.24, 2.45) is 5.73 Å². The third-order valence-electron chi connectivity index (χ3n) is 3.97. The van der Waals surface area contributed by atoms with Gasteiger partial charge in [-0.25, -0.2) is 4.98 Å². The van der Waals surface area contributed by atoms with Crippen molar-refractivity contribution in [1.82, 2.24) is 10.3 Å². The van der Waals surface area contributed by atoms with Gasteiger partial charge in [0.1, 0.15) is 11.7 Å². The van der Waals surface area contributed by atoms with Gasteiger partial charge in [-0.05, 0) is 5.56 Å². The van der Waals surface area contributed by atoms with Crippen LogP contribution in [-0.2, 0) is 16.0 Å². The number of hydrogen-bond acceptors (Lipinski definition) is 5. The summed E-state index contributed by atoms with van der Waals surface area (Å²) in [5.74, 6) is -2.69. The smallest absolute Gasteiger partial charge is 0.289 e. The molecule has 2 amide bonds. The van der Waals surface area contributed by atoms with E-state index in [0.717, 1.165) is 12.0 Å². The molecule has 136 valence electrons. The molecule has 1 atom stereocenters. The number of carbonyl (C=O) groups excluding carboxylic acids is 3. The van der Waals surface area contributed by atoms with E-state index < -0.39 is 23.6 Å². The maximum absolute atomic E-state index is 12.7. The second kappa shape index (κ2) is 8.09. The first-order valence-electron chi connectivity index (χ1n) is 8.23. The molecule has 1 unspecified atom stereocenters. The fourth-order valence-corrected chi connectivity index (χ4v) is 2.66. The van der Waals surface area contributed by atoms with E-state index in [2.05, 4.69) is 10.3 Å². The van der Waals surface area contributed by atoms with E-state index in [1.165, 1.54) is 0 Å². The van der Waals surface area contributed by atoms with E-state index in [1.807, 2.05) is 12.1 Å². The van der Waals surface area contributed by atoms with Crippen LogP contribution in [0.2, 0.25) is 0 Å². The van der Waals surface area contributed by atoms with Crippen molar-refractivity contribution in [3.63, 3.8) is 0 Å². The Balaban J connectivity index is 1.84. The lowest BCUT2D eigenvalue weighted by atomic mass is 10.0. The van der Waals surface area contributed by atoms with Crippen molar-refractivity contribution in [1.29, 1.82) is 0 Å². The van der Waals surface area contributed by atoms with E-state index in [4.69, 9.17) is 10.2 Å². The molecule has 0 saturated heterocycles. The van der Waals surface area contributed by atoms with Gasteiger partial charge in [-0.15, -0.1) is 0 Å². The molecule has 3 N–H and O–H groups in total. The highest BCUT2D eigenvalue weighted by atomic mass is 16.3. The second-order valence-electron chi connectivity index (χ2n) is 5.84. The maximum atomic E-state index is 12.7. The Hall–Kier alpha value is -3.74. The number of rotatable bonds is 7. The van der Waals surface area contributed by atoms with Crippen molar-refractivity contribution in [3.05, 3.63) is 78.4 Å². The molecule has 0 fully saturated rings. The van der Waals surface area contributed by atoms with Crippen molar-refractivity contribution in [2.75, 3.05) is 0 Å². The number of primary amides is 1. The molecule has 3 aromatic rings. The fourth-order valence-electron chi connectivity index (χ4n) is 2.66. The molecule has 7 nitrogen and oxygen atoms in total. The van der Waals surface area contributed by atoms with Crippen LogP contribution < -0.4 is 11.1 Å². The number of amides is 2. The van der Waals surface area contributed by atoms with E-state index in [-0.39, 0.29) is 12.2 Å². The summed E-state index contributed by atoms with van der Waals surface area (Å²) in [7, 11) is 0. The SMILES string of the molecule is NC(=O)C(=O)C(Cc1ccccc1)NC(=O)c1ocnc1-c1ccccc1. The normalized spacial score (nSPS) is 11.6. The minimum Gasteiger partial charge on any atom is -0.438 e. The Kier molecular flexibility index (Phi) is 5.41. The summed E-state index contributed by atoms with van der Waals surface area (Å²) in [5, 5.41) is 2.54. The number of nitrogens with two attached hydrogens (primary N) is 1. The molecule has 0 radical (unpaired) electrons. The molecule has 7 heteroatoms. The molecule has 0 aliphatic carbocycles. The minimum absolute atomic E-state index is 0.0449. The molecule has 0 aliphatic heterocycles. The molecule has 2 aromatic carbocycles. The van der Waals surface area contributed by atoms with Crippen LogP contribution in [0.4, 0.5) is 0 Å². The second-order valence-corrected chi connectivity index (χ2v) is 5.84.